The first-order chi connectivity index (χ1) is 14.0. The summed E-state index contributed by atoms with van der Waals surface area (Å²) in [5.74, 6) is 0.0664. The summed E-state index contributed by atoms with van der Waals surface area (Å²) in [5, 5.41) is 2.10. The zero-order valence-electron chi connectivity index (χ0n) is 15.0. The minimum Gasteiger partial charge on any atom is -0.293 e. The van der Waals surface area contributed by atoms with E-state index < -0.39 is 0 Å². The highest BCUT2D eigenvalue weighted by Crippen LogP contribution is 2.23. The van der Waals surface area contributed by atoms with Gasteiger partial charge in [0.2, 0.25) is 0 Å². The smallest absolute Gasteiger partial charge is 0.266 e. The fourth-order valence-electron chi connectivity index (χ4n) is 2.88. The topological polar surface area (TPSA) is 52.0 Å². The van der Waals surface area contributed by atoms with Gasteiger partial charge in [-0.15, -0.1) is 0 Å². The van der Waals surface area contributed by atoms with Crippen LogP contribution in [0.4, 0.5) is 0 Å². The van der Waals surface area contributed by atoms with Gasteiger partial charge in [-0.25, -0.2) is 4.98 Å². The van der Waals surface area contributed by atoms with Gasteiger partial charge in [-0.2, -0.15) is 0 Å². The maximum Gasteiger partial charge on any atom is 0.266 e. The first kappa shape index (κ1) is 19.7. The summed E-state index contributed by atoms with van der Waals surface area (Å²) in [7, 11) is 0. The molecule has 0 bridgehead atoms. The van der Waals surface area contributed by atoms with Crippen molar-refractivity contribution in [3.63, 3.8) is 0 Å². The summed E-state index contributed by atoms with van der Waals surface area (Å²) < 4.78 is 1.51. The lowest BCUT2D eigenvalue weighted by atomic mass is 10.1. The van der Waals surface area contributed by atoms with Crippen molar-refractivity contribution in [3.8, 4) is 5.69 Å². The summed E-state index contributed by atoms with van der Waals surface area (Å²) >= 11 is 13.1. The number of benzene rings is 3. The van der Waals surface area contributed by atoms with Gasteiger partial charge in [-0.1, -0.05) is 47.1 Å². The third kappa shape index (κ3) is 4.22. The average Bonchev–Trinajstić information content (AvgIpc) is 2.73. The van der Waals surface area contributed by atoms with Gasteiger partial charge in [0.25, 0.3) is 5.56 Å². The SMILES string of the molecule is O=C(CSc1nc2ccccc2c(=O)n1-c1ccc(Cl)cc1)c1ccc(Cl)cc1. The molecule has 0 radical (unpaired) electrons. The van der Waals surface area contributed by atoms with E-state index in [-0.39, 0.29) is 17.1 Å². The fraction of sp³-hybridized carbons (Fsp3) is 0.0455. The Bertz CT molecular complexity index is 1250. The van der Waals surface area contributed by atoms with E-state index in [2.05, 4.69) is 4.98 Å². The number of Topliss-reactive ketones (excluding diaryl/α,β-unsaturated/α-hetero) is 1. The van der Waals surface area contributed by atoms with Crippen LogP contribution in [0, 0.1) is 0 Å². The zero-order valence-corrected chi connectivity index (χ0v) is 17.3. The molecule has 1 aromatic heterocycles. The highest BCUT2D eigenvalue weighted by Gasteiger charge is 2.15. The summed E-state index contributed by atoms with van der Waals surface area (Å²) in [6.07, 6.45) is 0. The van der Waals surface area contributed by atoms with Crippen LogP contribution in [-0.2, 0) is 0 Å². The molecule has 29 heavy (non-hydrogen) atoms. The van der Waals surface area contributed by atoms with Crippen molar-refractivity contribution in [1.29, 1.82) is 0 Å². The first-order valence-corrected chi connectivity index (χ1v) is 10.5. The molecule has 7 heteroatoms. The molecule has 1 heterocycles. The molecule has 0 aliphatic carbocycles. The van der Waals surface area contributed by atoms with Crippen LogP contribution >= 0.6 is 35.0 Å². The van der Waals surface area contributed by atoms with Crippen molar-refractivity contribution in [2.45, 2.75) is 5.16 Å². The molecular weight excluding hydrogens is 427 g/mol. The Labute approximate surface area is 181 Å². The molecule has 0 aliphatic heterocycles. The molecule has 4 nitrogen and oxygen atoms in total. The third-order valence-corrected chi connectivity index (χ3v) is 5.77. The van der Waals surface area contributed by atoms with E-state index in [0.29, 0.717) is 37.4 Å². The van der Waals surface area contributed by atoms with E-state index >= 15 is 0 Å². The van der Waals surface area contributed by atoms with Crippen molar-refractivity contribution >= 4 is 51.6 Å². The van der Waals surface area contributed by atoms with E-state index in [0.717, 1.165) is 0 Å². The number of rotatable bonds is 5. The summed E-state index contributed by atoms with van der Waals surface area (Å²) in [6.45, 7) is 0. The number of hydrogen-bond donors (Lipinski definition) is 0. The molecular formula is C22H14Cl2N2O2S. The van der Waals surface area contributed by atoms with Gasteiger partial charge in [0, 0.05) is 15.6 Å². The van der Waals surface area contributed by atoms with E-state index in [9.17, 15) is 9.59 Å². The number of fused-ring (bicyclic) bond motifs is 1. The molecule has 4 aromatic rings. The molecule has 0 atom stereocenters. The van der Waals surface area contributed by atoms with Gasteiger partial charge < -0.3 is 0 Å². The van der Waals surface area contributed by atoms with Crippen LogP contribution < -0.4 is 5.56 Å². The van der Waals surface area contributed by atoms with Crippen LogP contribution in [0.5, 0.6) is 0 Å². The fourth-order valence-corrected chi connectivity index (χ4v) is 4.04. The van der Waals surface area contributed by atoms with Gasteiger partial charge >= 0.3 is 0 Å². The normalized spacial score (nSPS) is 11.0. The van der Waals surface area contributed by atoms with Crippen molar-refractivity contribution in [2.75, 3.05) is 5.75 Å². The number of nitrogens with zero attached hydrogens (tertiary/aromatic N) is 2. The van der Waals surface area contributed by atoms with Crippen molar-refractivity contribution in [2.24, 2.45) is 0 Å². The van der Waals surface area contributed by atoms with Gasteiger partial charge in [0.15, 0.2) is 10.9 Å². The van der Waals surface area contributed by atoms with E-state index in [1.54, 1.807) is 66.7 Å². The second-order valence-corrected chi connectivity index (χ2v) is 8.06. The van der Waals surface area contributed by atoms with Gasteiger partial charge in [0.1, 0.15) is 0 Å². The van der Waals surface area contributed by atoms with Gasteiger partial charge in [-0.05, 0) is 60.7 Å². The first-order valence-electron chi connectivity index (χ1n) is 8.72. The maximum absolute atomic E-state index is 13.2. The Morgan fingerprint density at radius 2 is 1.52 bits per heavy atom. The number of aromatic nitrogens is 2. The summed E-state index contributed by atoms with van der Waals surface area (Å²) in [4.78, 5) is 30.4. The van der Waals surface area contributed by atoms with Gasteiger partial charge in [-0.3, -0.25) is 14.2 Å². The predicted molar refractivity (Wildman–Crippen MR) is 119 cm³/mol. The molecule has 0 spiro atoms. The van der Waals surface area contributed by atoms with Crippen LogP contribution in [0.2, 0.25) is 10.0 Å². The minimum atomic E-state index is -0.195. The molecule has 0 amide bonds. The quantitative estimate of drug-likeness (QED) is 0.228. The number of ketones is 1. The van der Waals surface area contributed by atoms with E-state index in [1.807, 2.05) is 6.07 Å². The third-order valence-electron chi connectivity index (χ3n) is 4.33. The molecule has 0 saturated heterocycles. The molecule has 0 unspecified atom stereocenters. The van der Waals surface area contributed by atoms with E-state index in [4.69, 9.17) is 23.2 Å². The lowest BCUT2D eigenvalue weighted by molar-refractivity contribution is 0.102. The number of thioether (sulfide) groups is 1. The zero-order chi connectivity index (χ0) is 20.4. The van der Waals surface area contributed by atoms with Crippen LogP contribution in [0.1, 0.15) is 10.4 Å². The second-order valence-electron chi connectivity index (χ2n) is 6.25. The molecule has 3 aromatic carbocycles. The van der Waals surface area contributed by atoms with E-state index in [1.165, 1.54) is 16.3 Å². The molecule has 144 valence electrons. The molecule has 0 saturated carbocycles. The van der Waals surface area contributed by atoms with Crippen LogP contribution in [-0.4, -0.2) is 21.1 Å². The van der Waals surface area contributed by atoms with Gasteiger partial charge in [0.05, 0.1) is 22.3 Å². The Morgan fingerprint density at radius 1 is 0.897 bits per heavy atom. The molecule has 0 fully saturated rings. The highest BCUT2D eigenvalue weighted by molar-refractivity contribution is 7.99. The lowest BCUT2D eigenvalue weighted by Crippen LogP contribution is -2.22. The summed E-state index contributed by atoms with van der Waals surface area (Å²) in [6, 6.07) is 20.8. The average molecular weight is 441 g/mol. The van der Waals surface area contributed by atoms with Crippen LogP contribution in [0.15, 0.2) is 82.7 Å². The highest BCUT2D eigenvalue weighted by atomic mass is 35.5. The molecule has 0 N–H and O–H groups in total. The number of carbonyl (C=O) groups is 1. The Hall–Kier alpha value is -2.60. The maximum atomic E-state index is 13.2. The number of halogens is 2. The predicted octanol–water partition coefficient (Wildman–Crippen LogP) is 5.67. The van der Waals surface area contributed by atoms with Crippen LogP contribution in [0.25, 0.3) is 16.6 Å². The number of hydrogen-bond acceptors (Lipinski definition) is 4. The molecule has 4 rings (SSSR count). The van der Waals surface area contributed by atoms with Crippen LogP contribution in [0.3, 0.4) is 0 Å². The standard InChI is InChI=1S/C22H14Cl2N2O2S/c23-15-7-5-14(6-8-15)20(27)13-29-22-25-19-4-2-1-3-18(19)21(28)26(22)17-11-9-16(24)10-12-17/h1-12H,13H2. The Balaban J connectivity index is 1.75. The minimum absolute atomic E-state index is 0.0725. The Kier molecular flexibility index (Phi) is 5.72. The monoisotopic (exact) mass is 440 g/mol. The number of para-hydroxylation sites is 1. The van der Waals surface area contributed by atoms with Crippen molar-refractivity contribution < 1.29 is 4.79 Å². The Morgan fingerprint density at radius 3 is 2.21 bits per heavy atom. The van der Waals surface area contributed by atoms with Crippen molar-refractivity contribution in [1.82, 2.24) is 9.55 Å². The second kappa shape index (κ2) is 8.41. The number of carbonyl (C=O) groups excluding carboxylic acids is 1. The molecule has 0 aliphatic rings. The summed E-state index contributed by atoms with van der Waals surface area (Å²) in [5.41, 5.74) is 1.59. The largest absolute Gasteiger partial charge is 0.293 e. The lowest BCUT2D eigenvalue weighted by Gasteiger charge is -2.13. The van der Waals surface area contributed by atoms with Crippen molar-refractivity contribution in [3.05, 3.63) is 98.8 Å².